The lowest BCUT2D eigenvalue weighted by Gasteiger charge is -2.18. The lowest BCUT2D eigenvalue weighted by atomic mass is 10.1. The van der Waals surface area contributed by atoms with Gasteiger partial charge in [-0.25, -0.2) is 0 Å². The summed E-state index contributed by atoms with van der Waals surface area (Å²) in [7, 11) is 1.43. The second-order valence-corrected chi connectivity index (χ2v) is 4.28. The minimum Gasteiger partial charge on any atom is -0.507 e. The molecule has 0 saturated heterocycles. The van der Waals surface area contributed by atoms with E-state index in [9.17, 15) is 14.7 Å². The summed E-state index contributed by atoms with van der Waals surface area (Å²) in [5.74, 6) is -0.797. The number of carbonyl (C=O) groups is 1. The molecule has 1 aromatic heterocycles. The average Bonchev–Trinajstić information content (AvgIpc) is 2.25. The molecule has 5 nitrogen and oxygen atoms in total. The van der Waals surface area contributed by atoms with Gasteiger partial charge in [-0.2, -0.15) is 0 Å². The first-order chi connectivity index (χ1) is 7.82. The first-order valence-electron chi connectivity index (χ1n) is 5.49. The quantitative estimate of drug-likeness (QED) is 0.810. The van der Waals surface area contributed by atoms with Crippen LogP contribution in [0.1, 0.15) is 41.5 Å². The highest BCUT2D eigenvalue weighted by atomic mass is 16.3. The number of carbonyl (C=O) groups excluding carboxylic acids is 1. The number of hydrogen-bond donors (Lipinski definition) is 2. The van der Waals surface area contributed by atoms with E-state index in [4.69, 9.17) is 0 Å². The van der Waals surface area contributed by atoms with E-state index in [1.165, 1.54) is 11.6 Å². The van der Waals surface area contributed by atoms with Crippen LogP contribution in [-0.4, -0.2) is 22.6 Å². The summed E-state index contributed by atoms with van der Waals surface area (Å²) in [5, 5.41) is 12.3. The van der Waals surface area contributed by atoms with E-state index < -0.39 is 11.5 Å². The fraction of sp³-hybridized carbons (Fsp3) is 0.500. The van der Waals surface area contributed by atoms with Crippen LogP contribution in [0.3, 0.4) is 0 Å². The zero-order valence-electron chi connectivity index (χ0n) is 10.8. The lowest BCUT2D eigenvalue weighted by molar-refractivity contribution is 0.0958. The van der Waals surface area contributed by atoms with Crippen molar-refractivity contribution in [3.63, 3.8) is 0 Å². The molecule has 0 atom stereocenters. The lowest BCUT2D eigenvalue weighted by Crippen LogP contribution is -2.34. The van der Waals surface area contributed by atoms with Gasteiger partial charge in [-0.3, -0.25) is 9.59 Å². The Bertz CT molecular complexity index is 515. The highest BCUT2D eigenvalue weighted by Gasteiger charge is 2.22. The zero-order valence-corrected chi connectivity index (χ0v) is 10.8. The molecule has 1 heterocycles. The first kappa shape index (κ1) is 13.3. The number of aromatic hydroxyl groups is 1. The van der Waals surface area contributed by atoms with Crippen molar-refractivity contribution in [3.8, 4) is 5.75 Å². The third kappa shape index (κ3) is 2.05. The molecule has 1 rings (SSSR count). The number of pyridine rings is 1. The van der Waals surface area contributed by atoms with E-state index in [-0.39, 0.29) is 17.4 Å². The molecular formula is C12H18N2O3. The maximum Gasteiger partial charge on any atom is 0.267 e. The molecule has 0 saturated carbocycles. The molecule has 0 radical (unpaired) electrons. The van der Waals surface area contributed by atoms with Gasteiger partial charge in [-0.05, 0) is 27.7 Å². The molecule has 2 N–H and O–H groups in total. The van der Waals surface area contributed by atoms with E-state index in [1.807, 2.05) is 13.8 Å². The molecule has 0 aliphatic carbocycles. The van der Waals surface area contributed by atoms with Crippen LogP contribution in [0.2, 0.25) is 0 Å². The Labute approximate surface area is 100 Å². The van der Waals surface area contributed by atoms with Crippen LogP contribution in [0.5, 0.6) is 5.75 Å². The second-order valence-electron chi connectivity index (χ2n) is 4.28. The number of aromatic nitrogens is 1. The third-order valence-electron chi connectivity index (χ3n) is 2.90. The minimum absolute atomic E-state index is 0.0646. The van der Waals surface area contributed by atoms with Crippen molar-refractivity contribution in [1.82, 2.24) is 9.88 Å². The average molecular weight is 238 g/mol. The zero-order chi connectivity index (χ0) is 13.3. The Morgan fingerprint density at radius 1 is 1.35 bits per heavy atom. The van der Waals surface area contributed by atoms with Gasteiger partial charge in [-0.1, -0.05) is 0 Å². The SMILES string of the molecule is CNC(=O)c1c(O)c(C)c(C)n(C(C)C)c1=O. The fourth-order valence-corrected chi connectivity index (χ4v) is 1.87. The Hall–Kier alpha value is -1.78. The number of nitrogens with one attached hydrogen (secondary N) is 1. The molecule has 1 amide bonds. The first-order valence-corrected chi connectivity index (χ1v) is 5.49. The summed E-state index contributed by atoms with van der Waals surface area (Å²) in [5.41, 5.74) is 0.580. The van der Waals surface area contributed by atoms with E-state index >= 15 is 0 Å². The summed E-state index contributed by atoms with van der Waals surface area (Å²) >= 11 is 0. The van der Waals surface area contributed by atoms with Crippen molar-refractivity contribution >= 4 is 5.91 Å². The van der Waals surface area contributed by atoms with Gasteiger partial charge in [0.15, 0.2) is 0 Å². The molecule has 0 bridgehead atoms. The van der Waals surface area contributed by atoms with Gasteiger partial charge >= 0.3 is 0 Å². The molecular weight excluding hydrogens is 220 g/mol. The molecule has 0 aromatic carbocycles. The van der Waals surface area contributed by atoms with Crippen LogP contribution in [0.25, 0.3) is 0 Å². The summed E-state index contributed by atoms with van der Waals surface area (Å²) in [6, 6.07) is -0.0646. The Morgan fingerprint density at radius 2 is 1.88 bits per heavy atom. The van der Waals surface area contributed by atoms with Crippen molar-refractivity contribution < 1.29 is 9.90 Å². The van der Waals surface area contributed by atoms with E-state index in [0.29, 0.717) is 11.3 Å². The number of amides is 1. The van der Waals surface area contributed by atoms with Gasteiger partial charge in [-0.15, -0.1) is 0 Å². The topological polar surface area (TPSA) is 71.3 Å². The Kier molecular flexibility index (Phi) is 3.60. The molecule has 0 spiro atoms. The molecule has 17 heavy (non-hydrogen) atoms. The van der Waals surface area contributed by atoms with Crippen LogP contribution in [-0.2, 0) is 0 Å². The number of hydrogen-bond acceptors (Lipinski definition) is 3. The van der Waals surface area contributed by atoms with Gasteiger partial charge in [0.1, 0.15) is 11.3 Å². The number of nitrogens with zero attached hydrogens (tertiary/aromatic N) is 1. The highest BCUT2D eigenvalue weighted by molar-refractivity contribution is 5.96. The molecule has 5 heteroatoms. The van der Waals surface area contributed by atoms with Gasteiger partial charge < -0.3 is 15.0 Å². The van der Waals surface area contributed by atoms with Gasteiger partial charge in [0, 0.05) is 24.3 Å². The summed E-state index contributed by atoms with van der Waals surface area (Å²) < 4.78 is 1.51. The molecule has 0 unspecified atom stereocenters. The van der Waals surface area contributed by atoms with Crippen molar-refractivity contribution in [1.29, 1.82) is 0 Å². The Balaban J connectivity index is 3.75. The number of rotatable bonds is 2. The summed E-state index contributed by atoms with van der Waals surface area (Å²) in [4.78, 5) is 23.8. The van der Waals surface area contributed by atoms with E-state index in [2.05, 4.69) is 5.32 Å². The smallest absolute Gasteiger partial charge is 0.267 e. The van der Waals surface area contributed by atoms with E-state index in [1.54, 1.807) is 13.8 Å². The van der Waals surface area contributed by atoms with Crippen molar-refractivity contribution in [3.05, 3.63) is 27.2 Å². The third-order valence-corrected chi connectivity index (χ3v) is 2.90. The van der Waals surface area contributed by atoms with Gasteiger partial charge in [0.2, 0.25) is 0 Å². The van der Waals surface area contributed by atoms with Crippen LogP contribution in [0.4, 0.5) is 0 Å². The van der Waals surface area contributed by atoms with Crippen molar-refractivity contribution in [2.45, 2.75) is 33.7 Å². The molecule has 94 valence electrons. The normalized spacial score (nSPS) is 10.7. The van der Waals surface area contributed by atoms with Gasteiger partial charge in [0.25, 0.3) is 11.5 Å². The molecule has 0 aliphatic heterocycles. The van der Waals surface area contributed by atoms with Crippen LogP contribution in [0.15, 0.2) is 4.79 Å². The largest absolute Gasteiger partial charge is 0.507 e. The maximum absolute atomic E-state index is 12.1. The van der Waals surface area contributed by atoms with Gasteiger partial charge in [0.05, 0.1) is 0 Å². The molecule has 1 aromatic rings. The second kappa shape index (κ2) is 4.61. The monoisotopic (exact) mass is 238 g/mol. The maximum atomic E-state index is 12.1. The van der Waals surface area contributed by atoms with Crippen molar-refractivity contribution in [2.75, 3.05) is 7.05 Å². The van der Waals surface area contributed by atoms with Crippen LogP contribution >= 0.6 is 0 Å². The predicted molar refractivity (Wildman–Crippen MR) is 65.6 cm³/mol. The fourth-order valence-electron chi connectivity index (χ4n) is 1.87. The van der Waals surface area contributed by atoms with Crippen LogP contribution in [0, 0.1) is 13.8 Å². The summed E-state index contributed by atoms with van der Waals surface area (Å²) in [6.45, 7) is 7.16. The minimum atomic E-state index is -0.565. The van der Waals surface area contributed by atoms with Crippen LogP contribution < -0.4 is 10.9 Å². The predicted octanol–water partition coefficient (Wildman–Crippen LogP) is 1.11. The molecule has 0 aliphatic rings. The highest BCUT2D eigenvalue weighted by Crippen LogP contribution is 2.23. The Morgan fingerprint density at radius 3 is 2.29 bits per heavy atom. The molecule has 0 fully saturated rings. The summed E-state index contributed by atoms with van der Waals surface area (Å²) in [6.07, 6.45) is 0. The van der Waals surface area contributed by atoms with E-state index in [0.717, 1.165) is 0 Å². The van der Waals surface area contributed by atoms with Crippen molar-refractivity contribution in [2.24, 2.45) is 0 Å². The standard InChI is InChI=1S/C12H18N2O3/c1-6(2)14-8(4)7(3)10(15)9(12(14)17)11(16)13-5/h6,15H,1-5H3,(H,13,16).